The fourth-order valence-electron chi connectivity index (χ4n) is 5.25. The molecule has 10 heteroatoms. The Morgan fingerprint density at radius 2 is 1.81 bits per heavy atom. The summed E-state index contributed by atoms with van der Waals surface area (Å²) in [5.41, 5.74) is 4.45. The number of rotatable bonds is 6. The van der Waals surface area contributed by atoms with Crippen LogP contribution < -0.4 is 14.8 Å². The fourth-order valence-corrected chi connectivity index (χ4v) is 6.81. The van der Waals surface area contributed by atoms with E-state index in [4.69, 9.17) is 19.5 Å². The van der Waals surface area contributed by atoms with Crippen molar-refractivity contribution in [2.24, 2.45) is 10.9 Å². The third-order valence-electron chi connectivity index (χ3n) is 7.21. The molecule has 192 valence electrons. The van der Waals surface area contributed by atoms with Gasteiger partial charge in [0.1, 0.15) is 6.17 Å². The molecule has 6 rings (SSSR count). The van der Waals surface area contributed by atoms with Gasteiger partial charge in [0.15, 0.2) is 11.5 Å². The van der Waals surface area contributed by atoms with Gasteiger partial charge in [-0.1, -0.05) is 12.1 Å². The first-order chi connectivity index (χ1) is 18.0. The lowest BCUT2D eigenvalue weighted by atomic mass is 9.94. The summed E-state index contributed by atoms with van der Waals surface area (Å²) < 4.78 is 38.7. The van der Waals surface area contributed by atoms with Crippen molar-refractivity contribution in [1.29, 1.82) is 0 Å². The van der Waals surface area contributed by atoms with Crippen LogP contribution in [-0.4, -0.2) is 54.5 Å². The number of fused-ring (bicyclic) bond motifs is 1. The highest BCUT2D eigenvalue weighted by Gasteiger charge is 2.38. The maximum absolute atomic E-state index is 13.0. The van der Waals surface area contributed by atoms with E-state index in [9.17, 15) is 8.42 Å². The number of benzene rings is 1. The normalized spacial score (nSPS) is 22.2. The molecule has 9 nitrogen and oxygen atoms in total. The maximum atomic E-state index is 13.0. The number of pyridine rings is 2. The molecule has 0 spiro atoms. The Bertz CT molecular complexity index is 1420. The lowest BCUT2D eigenvalue weighted by Crippen LogP contribution is -2.44. The summed E-state index contributed by atoms with van der Waals surface area (Å²) in [7, 11) is -3.39. The number of aromatic nitrogens is 2. The molecule has 1 fully saturated rings. The van der Waals surface area contributed by atoms with Crippen molar-refractivity contribution in [3.8, 4) is 11.5 Å². The minimum absolute atomic E-state index is 0.00458. The molecule has 2 aromatic heterocycles. The number of piperidine rings is 1. The molecule has 1 aromatic carbocycles. The first-order valence-electron chi connectivity index (χ1n) is 12.5. The van der Waals surface area contributed by atoms with Crippen LogP contribution in [0, 0.1) is 12.8 Å². The van der Waals surface area contributed by atoms with Gasteiger partial charge in [-0.15, -0.1) is 0 Å². The van der Waals surface area contributed by atoms with Gasteiger partial charge in [0, 0.05) is 31.2 Å². The number of nitrogens with zero attached hydrogens (tertiary/aromatic N) is 4. The predicted molar refractivity (Wildman–Crippen MR) is 139 cm³/mol. The van der Waals surface area contributed by atoms with Crippen LogP contribution in [-0.2, 0) is 15.8 Å². The number of aryl methyl sites for hydroxylation is 1. The van der Waals surface area contributed by atoms with E-state index in [1.54, 1.807) is 28.8 Å². The van der Waals surface area contributed by atoms with Crippen LogP contribution in [0.15, 0.2) is 65.9 Å². The summed E-state index contributed by atoms with van der Waals surface area (Å²) in [6.45, 7) is 3.17. The average Bonchev–Trinajstić information content (AvgIpc) is 3.56. The summed E-state index contributed by atoms with van der Waals surface area (Å²) in [5.74, 6) is 1.68. The largest absolute Gasteiger partial charge is 0.454 e. The van der Waals surface area contributed by atoms with Crippen LogP contribution in [0.25, 0.3) is 0 Å². The maximum Gasteiger partial charge on any atom is 0.231 e. The molecule has 1 N–H and O–H groups in total. The Hall–Kier alpha value is -3.34. The molecule has 0 aliphatic carbocycles. The first kappa shape index (κ1) is 24.0. The summed E-state index contributed by atoms with van der Waals surface area (Å²) in [6, 6.07) is 15.3. The lowest BCUT2D eigenvalue weighted by Gasteiger charge is -2.33. The van der Waals surface area contributed by atoms with E-state index >= 15 is 0 Å². The Kier molecular flexibility index (Phi) is 6.39. The lowest BCUT2D eigenvalue weighted by molar-refractivity contribution is 0.174. The van der Waals surface area contributed by atoms with Gasteiger partial charge in [0.2, 0.25) is 16.8 Å². The molecule has 2 atom stereocenters. The standard InChI is InChI=1S/C27H29N5O4S/c1-18-3-2-4-22(29-18)26-25(21-5-6-23-24(15-21)36-17-35-23)30-27(31-26)20-9-13-32(14-10-20)37(33,34)16-19-7-11-28-12-8-19/h2-8,11-12,15,20,25,27,30H,9-10,13-14,16-17H2,1H3. The molecule has 3 aliphatic rings. The third kappa shape index (κ3) is 4.96. The average molecular weight is 520 g/mol. The molecule has 3 aromatic rings. The molecule has 37 heavy (non-hydrogen) atoms. The number of sulfonamides is 1. The second-order valence-corrected chi connectivity index (χ2v) is 11.7. The van der Waals surface area contributed by atoms with Crippen LogP contribution in [0.3, 0.4) is 0 Å². The Labute approximate surface area is 216 Å². The van der Waals surface area contributed by atoms with Gasteiger partial charge in [-0.2, -0.15) is 0 Å². The topological polar surface area (TPSA) is 106 Å². The van der Waals surface area contributed by atoms with Crippen molar-refractivity contribution >= 4 is 15.7 Å². The Balaban J connectivity index is 1.20. The predicted octanol–water partition coefficient (Wildman–Crippen LogP) is 3.22. The molecule has 0 amide bonds. The van der Waals surface area contributed by atoms with Crippen molar-refractivity contribution in [3.05, 3.63) is 83.4 Å². The highest BCUT2D eigenvalue weighted by molar-refractivity contribution is 7.88. The summed E-state index contributed by atoms with van der Waals surface area (Å²) in [5, 5.41) is 3.71. The molecule has 0 saturated carbocycles. The van der Waals surface area contributed by atoms with Gasteiger partial charge in [0.25, 0.3) is 0 Å². The Morgan fingerprint density at radius 1 is 1.03 bits per heavy atom. The van der Waals surface area contributed by atoms with Crippen LogP contribution >= 0.6 is 0 Å². The van der Waals surface area contributed by atoms with Gasteiger partial charge in [0.05, 0.1) is 23.2 Å². The molecule has 0 bridgehead atoms. The minimum Gasteiger partial charge on any atom is -0.454 e. The SMILES string of the molecule is Cc1cccc(C2=NC(C3CCN(S(=O)(=O)Cc4ccncc4)CC3)NC2c2ccc3c(c2)OCO3)n1. The summed E-state index contributed by atoms with van der Waals surface area (Å²) in [6.07, 6.45) is 4.59. The molecular formula is C27H29N5O4S. The van der Waals surface area contributed by atoms with Gasteiger partial charge in [-0.3, -0.25) is 20.3 Å². The number of ether oxygens (including phenoxy) is 2. The van der Waals surface area contributed by atoms with Crippen molar-refractivity contribution in [2.45, 2.75) is 37.7 Å². The molecule has 3 aliphatic heterocycles. The zero-order chi connectivity index (χ0) is 25.4. The number of hydrogen-bond acceptors (Lipinski definition) is 8. The van der Waals surface area contributed by atoms with Crippen molar-refractivity contribution in [3.63, 3.8) is 0 Å². The zero-order valence-corrected chi connectivity index (χ0v) is 21.4. The number of aliphatic imine (C=N–C) groups is 1. The van der Waals surface area contributed by atoms with Gasteiger partial charge in [-0.05, 0) is 73.2 Å². The highest BCUT2D eigenvalue weighted by Crippen LogP contribution is 2.37. The fraction of sp³-hybridized carbons (Fsp3) is 0.370. The summed E-state index contributed by atoms with van der Waals surface area (Å²) in [4.78, 5) is 13.8. The van der Waals surface area contributed by atoms with Crippen molar-refractivity contribution in [2.75, 3.05) is 19.9 Å². The molecule has 1 saturated heterocycles. The summed E-state index contributed by atoms with van der Waals surface area (Å²) >= 11 is 0. The van der Waals surface area contributed by atoms with Gasteiger partial charge >= 0.3 is 0 Å². The molecular weight excluding hydrogens is 490 g/mol. The number of nitrogens with one attached hydrogen (secondary N) is 1. The van der Waals surface area contributed by atoms with E-state index in [0.29, 0.717) is 13.1 Å². The van der Waals surface area contributed by atoms with E-state index in [1.165, 1.54) is 0 Å². The third-order valence-corrected chi connectivity index (χ3v) is 9.06. The van der Waals surface area contributed by atoms with Crippen LogP contribution in [0.4, 0.5) is 0 Å². The van der Waals surface area contributed by atoms with E-state index in [-0.39, 0.29) is 30.7 Å². The van der Waals surface area contributed by atoms with E-state index < -0.39 is 10.0 Å². The van der Waals surface area contributed by atoms with E-state index in [1.807, 2.05) is 43.3 Å². The highest BCUT2D eigenvalue weighted by atomic mass is 32.2. The molecule has 0 radical (unpaired) electrons. The van der Waals surface area contributed by atoms with Gasteiger partial charge < -0.3 is 9.47 Å². The Morgan fingerprint density at radius 3 is 2.59 bits per heavy atom. The van der Waals surface area contributed by atoms with Crippen molar-refractivity contribution < 1.29 is 17.9 Å². The smallest absolute Gasteiger partial charge is 0.231 e. The van der Waals surface area contributed by atoms with Crippen LogP contribution in [0.1, 0.15) is 41.4 Å². The van der Waals surface area contributed by atoms with E-state index in [2.05, 4.69) is 10.3 Å². The van der Waals surface area contributed by atoms with Crippen molar-refractivity contribution in [1.82, 2.24) is 19.6 Å². The van der Waals surface area contributed by atoms with Gasteiger partial charge in [-0.25, -0.2) is 12.7 Å². The van der Waals surface area contributed by atoms with E-state index in [0.717, 1.165) is 52.6 Å². The van der Waals surface area contributed by atoms with Crippen LogP contribution in [0.2, 0.25) is 0 Å². The molecule has 5 heterocycles. The second-order valence-electron chi connectivity index (χ2n) is 9.68. The molecule has 2 unspecified atom stereocenters. The zero-order valence-electron chi connectivity index (χ0n) is 20.6. The number of hydrogen-bond donors (Lipinski definition) is 1. The monoisotopic (exact) mass is 519 g/mol. The quantitative estimate of drug-likeness (QED) is 0.533. The minimum atomic E-state index is -3.39. The second kappa shape index (κ2) is 9.85. The van der Waals surface area contributed by atoms with Crippen LogP contribution in [0.5, 0.6) is 11.5 Å². The first-order valence-corrected chi connectivity index (χ1v) is 14.1.